The first kappa shape index (κ1) is 19.4. The fourth-order valence-corrected chi connectivity index (χ4v) is 3.49. The first-order valence-electron chi connectivity index (χ1n) is 9.59. The lowest BCUT2D eigenvalue weighted by Gasteiger charge is -2.34. The molecule has 1 N–H and O–H groups in total. The fourth-order valence-electron chi connectivity index (χ4n) is 3.49. The molecule has 1 atom stereocenters. The topological polar surface area (TPSA) is 74.5 Å². The smallest absolute Gasteiger partial charge is 0.317 e. The summed E-state index contributed by atoms with van der Waals surface area (Å²) < 4.78 is 5.12. The zero-order valence-corrected chi connectivity index (χ0v) is 16.4. The monoisotopic (exact) mass is 371 g/mol. The Morgan fingerprint density at radius 1 is 1.33 bits per heavy atom. The Morgan fingerprint density at radius 3 is 2.67 bits per heavy atom. The zero-order chi connectivity index (χ0) is 19.2. The summed E-state index contributed by atoms with van der Waals surface area (Å²) in [7, 11) is 1.84. The van der Waals surface area contributed by atoms with Crippen LogP contribution in [0, 0.1) is 12.8 Å². The largest absolute Gasteiger partial charge is 0.337 e. The molecule has 0 radical (unpaired) electrons. The number of aryl methyl sites for hydroxylation is 1. The molecule has 7 nitrogen and oxygen atoms in total. The van der Waals surface area contributed by atoms with Crippen LogP contribution in [0.1, 0.15) is 43.1 Å². The van der Waals surface area contributed by atoms with Gasteiger partial charge in [-0.3, -0.25) is 4.90 Å². The van der Waals surface area contributed by atoms with Crippen molar-refractivity contribution in [3.05, 3.63) is 47.6 Å². The van der Waals surface area contributed by atoms with E-state index < -0.39 is 0 Å². The van der Waals surface area contributed by atoms with Gasteiger partial charge in [0.05, 0.1) is 0 Å². The number of carbonyl (C=O) groups excluding carboxylic acids is 1. The van der Waals surface area contributed by atoms with Gasteiger partial charge < -0.3 is 14.7 Å². The van der Waals surface area contributed by atoms with Gasteiger partial charge in [-0.2, -0.15) is 4.98 Å². The van der Waals surface area contributed by atoms with Crippen LogP contribution in [0.25, 0.3) is 0 Å². The van der Waals surface area contributed by atoms with Crippen LogP contribution in [0.2, 0.25) is 0 Å². The van der Waals surface area contributed by atoms with Crippen molar-refractivity contribution in [2.75, 3.05) is 26.7 Å². The van der Waals surface area contributed by atoms with E-state index in [1.54, 1.807) is 11.8 Å². The van der Waals surface area contributed by atoms with Crippen LogP contribution in [0.5, 0.6) is 0 Å². The molecule has 7 heteroatoms. The Balaban J connectivity index is 1.40. The van der Waals surface area contributed by atoms with Crippen LogP contribution in [0.3, 0.4) is 0 Å². The van der Waals surface area contributed by atoms with Crippen LogP contribution in [-0.2, 0) is 6.54 Å². The van der Waals surface area contributed by atoms with Gasteiger partial charge in [-0.15, -0.1) is 0 Å². The number of urea groups is 1. The minimum Gasteiger partial charge on any atom is -0.337 e. The molecule has 2 amide bonds. The third-order valence-electron chi connectivity index (χ3n) is 5.09. The average molecular weight is 371 g/mol. The second-order valence-electron chi connectivity index (χ2n) is 7.44. The highest BCUT2D eigenvalue weighted by Crippen LogP contribution is 2.20. The molecular formula is C20H29N5O2. The Bertz CT molecular complexity index is 725. The van der Waals surface area contributed by atoms with Crippen LogP contribution in [0.4, 0.5) is 4.79 Å². The SMILES string of the molecule is Cc1noc([C@@H](C)NC(=O)N(C)CC2CCN(Cc3ccccc3)CC2)n1. The number of carbonyl (C=O) groups is 1. The van der Waals surface area contributed by atoms with Crippen molar-refractivity contribution >= 4 is 6.03 Å². The summed E-state index contributed by atoms with van der Waals surface area (Å²) in [6.07, 6.45) is 2.23. The lowest BCUT2D eigenvalue weighted by Crippen LogP contribution is -2.43. The van der Waals surface area contributed by atoms with Gasteiger partial charge >= 0.3 is 6.03 Å². The van der Waals surface area contributed by atoms with Crippen LogP contribution in [-0.4, -0.2) is 52.7 Å². The van der Waals surface area contributed by atoms with E-state index in [1.807, 2.05) is 14.0 Å². The van der Waals surface area contributed by atoms with Crippen molar-refractivity contribution in [1.29, 1.82) is 0 Å². The summed E-state index contributed by atoms with van der Waals surface area (Å²) in [6.45, 7) is 7.53. The normalized spacial score (nSPS) is 16.9. The van der Waals surface area contributed by atoms with E-state index in [-0.39, 0.29) is 12.1 Å². The number of benzene rings is 1. The van der Waals surface area contributed by atoms with Crippen molar-refractivity contribution in [3.63, 3.8) is 0 Å². The molecule has 0 aliphatic carbocycles. The third-order valence-corrected chi connectivity index (χ3v) is 5.09. The predicted molar refractivity (Wildman–Crippen MR) is 103 cm³/mol. The van der Waals surface area contributed by atoms with E-state index in [2.05, 4.69) is 50.7 Å². The molecule has 146 valence electrons. The molecule has 1 fully saturated rings. The lowest BCUT2D eigenvalue weighted by molar-refractivity contribution is 0.148. The van der Waals surface area contributed by atoms with Gasteiger partial charge in [-0.1, -0.05) is 35.5 Å². The number of aromatic nitrogens is 2. The Kier molecular flexibility index (Phi) is 6.45. The van der Waals surface area contributed by atoms with E-state index in [1.165, 1.54) is 5.56 Å². The molecule has 3 rings (SSSR count). The maximum atomic E-state index is 12.4. The number of likely N-dealkylation sites (tertiary alicyclic amines) is 1. The van der Waals surface area contributed by atoms with Crippen LogP contribution < -0.4 is 5.32 Å². The standard InChI is InChI=1S/C20H29N5O2/c1-15(19-22-16(2)23-27-19)21-20(26)24(3)13-18-9-11-25(12-10-18)14-17-7-5-4-6-8-17/h4-8,15,18H,9-14H2,1-3H3,(H,21,26)/t15-/m1/s1. The number of amides is 2. The zero-order valence-electron chi connectivity index (χ0n) is 16.4. The molecule has 1 saturated heterocycles. The van der Waals surface area contributed by atoms with E-state index in [4.69, 9.17) is 4.52 Å². The number of nitrogens with zero attached hydrogens (tertiary/aromatic N) is 4. The highest BCUT2D eigenvalue weighted by molar-refractivity contribution is 5.74. The van der Waals surface area contributed by atoms with Gasteiger partial charge in [0, 0.05) is 20.1 Å². The van der Waals surface area contributed by atoms with Crippen LogP contribution >= 0.6 is 0 Å². The fraction of sp³-hybridized carbons (Fsp3) is 0.550. The van der Waals surface area contributed by atoms with E-state index in [0.717, 1.165) is 39.0 Å². The summed E-state index contributed by atoms with van der Waals surface area (Å²) >= 11 is 0. The van der Waals surface area contributed by atoms with Gasteiger partial charge in [0.1, 0.15) is 6.04 Å². The van der Waals surface area contributed by atoms with E-state index >= 15 is 0 Å². The molecule has 1 aliphatic heterocycles. The van der Waals surface area contributed by atoms with E-state index in [0.29, 0.717) is 17.6 Å². The summed E-state index contributed by atoms with van der Waals surface area (Å²) in [4.78, 5) is 20.8. The van der Waals surface area contributed by atoms with Gasteiger partial charge in [-0.25, -0.2) is 4.79 Å². The molecule has 1 aromatic carbocycles. The lowest BCUT2D eigenvalue weighted by atomic mass is 9.96. The molecule has 0 bridgehead atoms. The Morgan fingerprint density at radius 2 is 2.04 bits per heavy atom. The minimum atomic E-state index is -0.297. The summed E-state index contributed by atoms with van der Waals surface area (Å²) in [6, 6.07) is 10.2. The Labute approximate surface area is 160 Å². The van der Waals surface area contributed by atoms with Gasteiger partial charge in [0.25, 0.3) is 0 Å². The summed E-state index contributed by atoms with van der Waals surface area (Å²) in [5.74, 6) is 1.54. The van der Waals surface area contributed by atoms with Crippen molar-refractivity contribution < 1.29 is 9.32 Å². The number of nitrogens with one attached hydrogen (secondary N) is 1. The number of piperidine rings is 1. The molecule has 1 aliphatic rings. The molecule has 0 spiro atoms. The highest BCUT2D eigenvalue weighted by Gasteiger charge is 2.23. The molecule has 2 heterocycles. The van der Waals surface area contributed by atoms with E-state index in [9.17, 15) is 4.79 Å². The third kappa shape index (κ3) is 5.53. The minimum absolute atomic E-state index is 0.106. The summed E-state index contributed by atoms with van der Waals surface area (Å²) in [5.41, 5.74) is 1.36. The van der Waals surface area contributed by atoms with Crippen molar-refractivity contribution in [2.45, 2.75) is 39.3 Å². The predicted octanol–water partition coefficient (Wildman–Crippen LogP) is 2.99. The highest BCUT2D eigenvalue weighted by atomic mass is 16.5. The van der Waals surface area contributed by atoms with Crippen LogP contribution in [0.15, 0.2) is 34.9 Å². The average Bonchev–Trinajstić information content (AvgIpc) is 3.10. The quantitative estimate of drug-likeness (QED) is 0.845. The molecular weight excluding hydrogens is 342 g/mol. The number of rotatable bonds is 6. The molecule has 0 saturated carbocycles. The van der Waals surface area contributed by atoms with Crippen molar-refractivity contribution in [2.24, 2.45) is 5.92 Å². The second-order valence-corrected chi connectivity index (χ2v) is 7.44. The summed E-state index contributed by atoms with van der Waals surface area (Å²) in [5, 5.41) is 6.69. The Hall–Kier alpha value is -2.41. The number of hydrogen-bond donors (Lipinski definition) is 1. The maximum absolute atomic E-state index is 12.4. The first-order valence-corrected chi connectivity index (χ1v) is 9.59. The second kappa shape index (κ2) is 8.99. The molecule has 1 aromatic heterocycles. The maximum Gasteiger partial charge on any atom is 0.317 e. The number of hydrogen-bond acceptors (Lipinski definition) is 5. The molecule has 0 unspecified atom stereocenters. The molecule has 2 aromatic rings. The van der Waals surface area contributed by atoms with Gasteiger partial charge in [0.2, 0.25) is 5.89 Å². The first-order chi connectivity index (χ1) is 13.0. The van der Waals surface area contributed by atoms with Gasteiger partial charge in [0.15, 0.2) is 5.82 Å². The van der Waals surface area contributed by atoms with Gasteiger partial charge in [-0.05, 0) is 51.3 Å². The van der Waals surface area contributed by atoms with Crippen molar-refractivity contribution in [3.8, 4) is 0 Å². The molecule has 27 heavy (non-hydrogen) atoms. The van der Waals surface area contributed by atoms with Crippen molar-refractivity contribution in [1.82, 2.24) is 25.3 Å².